The quantitative estimate of drug-likeness (QED) is 0.876. The standard InChI is InChI=1S/C18H19BrN2O2/c1-12-4-9-17(13(2)10-12)20-18(23)11-21(14(3)22)16-7-5-15(19)6-8-16/h4-10H,11H2,1-3H3,(H,20,23). The maximum Gasteiger partial charge on any atom is 0.244 e. The van der Waals surface area contributed by atoms with E-state index in [1.54, 1.807) is 12.1 Å². The van der Waals surface area contributed by atoms with E-state index in [2.05, 4.69) is 21.2 Å². The van der Waals surface area contributed by atoms with Crippen LogP contribution in [0.4, 0.5) is 11.4 Å². The number of carbonyl (C=O) groups excluding carboxylic acids is 2. The van der Waals surface area contributed by atoms with E-state index in [0.717, 1.165) is 21.3 Å². The Kier molecular flexibility index (Phi) is 5.55. The van der Waals surface area contributed by atoms with Gasteiger partial charge in [-0.1, -0.05) is 33.6 Å². The number of hydrogen-bond acceptors (Lipinski definition) is 2. The fourth-order valence-electron chi connectivity index (χ4n) is 2.29. The molecule has 0 heterocycles. The molecule has 0 saturated carbocycles. The van der Waals surface area contributed by atoms with E-state index < -0.39 is 0 Å². The zero-order chi connectivity index (χ0) is 17.0. The first-order valence-electron chi connectivity index (χ1n) is 7.27. The maximum absolute atomic E-state index is 12.3. The fraction of sp³-hybridized carbons (Fsp3) is 0.222. The Morgan fingerprint density at radius 2 is 1.74 bits per heavy atom. The van der Waals surface area contributed by atoms with Crippen molar-refractivity contribution in [2.75, 3.05) is 16.8 Å². The third-order valence-electron chi connectivity index (χ3n) is 3.48. The second-order valence-electron chi connectivity index (χ2n) is 5.45. The van der Waals surface area contributed by atoms with Gasteiger partial charge in [0.25, 0.3) is 0 Å². The zero-order valence-corrected chi connectivity index (χ0v) is 15.0. The molecule has 120 valence electrons. The minimum absolute atomic E-state index is 0.0235. The Morgan fingerprint density at radius 3 is 2.30 bits per heavy atom. The molecular formula is C18H19BrN2O2. The molecule has 0 spiro atoms. The number of nitrogens with zero attached hydrogens (tertiary/aromatic N) is 1. The summed E-state index contributed by atoms with van der Waals surface area (Å²) < 4.78 is 0.921. The van der Waals surface area contributed by atoms with Crippen LogP contribution in [0.1, 0.15) is 18.1 Å². The molecule has 1 N–H and O–H groups in total. The number of nitrogens with one attached hydrogen (secondary N) is 1. The predicted molar refractivity (Wildman–Crippen MR) is 96.7 cm³/mol. The number of benzene rings is 2. The van der Waals surface area contributed by atoms with Gasteiger partial charge < -0.3 is 10.2 Å². The third-order valence-corrected chi connectivity index (χ3v) is 4.00. The van der Waals surface area contributed by atoms with Crippen molar-refractivity contribution in [3.05, 3.63) is 58.1 Å². The van der Waals surface area contributed by atoms with Crippen molar-refractivity contribution in [2.24, 2.45) is 0 Å². The number of rotatable bonds is 4. The molecule has 2 aromatic carbocycles. The molecule has 0 saturated heterocycles. The number of hydrogen-bond donors (Lipinski definition) is 1. The van der Waals surface area contributed by atoms with Crippen molar-refractivity contribution in [3.8, 4) is 0 Å². The van der Waals surface area contributed by atoms with Crippen LogP contribution in [0.25, 0.3) is 0 Å². The molecule has 4 nitrogen and oxygen atoms in total. The Morgan fingerprint density at radius 1 is 1.09 bits per heavy atom. The van der Waals surface area contributed by atoms with Gasteiger partial charge >= 0.3 is 0 Å². The highest BCUT2D eigenvalue weighted by Gasteiger charge is 2.16. The van der Waals surface area contributed by atoms with E-state index in [0.29, 0.717) is 5.69 Å². The monoisotopic (exact) mass is 374 g/mol. The lowest BCUT2D eigenvalue weighted by Crippen LogP contribution is -2.36. The van der Waals surface area contributed by atoms with Gasteiger partial charge in [0.15, 0.2) is 0 Å². The minimum atomic E-state index is -0.227. The summed E-state index contributed by atoms with van der Waals surface area (Å²) in [5, 5.41) is 2.86. The number of anilines is 2. The molecule has 2 amide bonds. The van der Waals surface area contributed by atoms with E-state index >= 15 is 0 Å². The first-order valence-corrected chi connectivity index (χ1v) is 8.07. The fourth-order valence-corrected chi connectivity index (χ4v) is 2.56. The molecule has 2 aromatic rings. The van der Waals surface area contributed by atoms with E-state index in [4.69, 9.17) is 0 Å². The number of carbonyl (C=O) groups is 2. The van der Waals surface area contributed by atoms with E-state index in [1.807, 2.05) is 44.2 Å². The van der Waals surface area contributed by atoms with E-state index in [1.165, 1.54) is 11.8 Å². The van der Waals surface area contributed by atoms with Crippen molar-refractivity contribution >= 4 is 39.1 Å². The lowest BCUT2D eigenvalue weighted by atomic mass is 10.1. The maximum atomic E-state index is 12.3. The van der Waals surface area contributed by atoms with Gasteiger partial charge in [0, 0.05) is 22.8 Å². The Bertz CT molecular complexity index is 726. The van der Waals surface area contributed by atoms with Crippen LogP contribution in [-0.4, -0.2) is 18.4 Å². The Balaban J connectivity index is 2.12. The van der Waals surface area contributed by atoms with Crippen LogP contribution >= 0.6 is 15.9 Å². The van der Waals surface area contributed by atoms with Crippen LogP contribution in [0.5, 0.6) is 0 Å². The highest BCUT2D eigenvalue weighted by molar-refractivity contribution is 9.10. The first kappa shape index (κ1) is 17.2. The molecule has 0 fully saturated rings. The SMILES string of the molecule is CC(=O)N(CC(=O)Nc1ccc(C)cc1C)c1ccc(Br)cc1. The van der Waals surface area contributed by atoms with E-state index in [-0.39, 0.29) is 18.4 Å². The van der Waals surface area contributed by atoms with Crippen molar-refractivity contribution in [3.63, 3.8) is 0 Å². The molecule has 0 aliphatic heterocycles. The predicted octanol–water partition coefficient (Wildman–Crippen LogP) is 4.06. The van der Waals surface area contributed by atoms with Crippen LogP contribution < -0.4 is 10.2 Å². The van der Waals surface area contributed by atoms with Gasteiger partial charge in [-0.3, -0.25) is 9.59 Å². The lowest BCUT2D eigenvalue weighted by Gasteiger charge is -2.21. The van der Waals surface area contributed by atoms with Gasteiger partial charge in [0.05, 0.1) is 0 Å². The van der Waals surface area contributed by atoms with Gasteiger partial charge in [-0.15, -0.1) is 0 Å². The number of aryl methyl sites for hydroxylation is 2. The average molecular weight is 375 g/mol. The summed E-state index contributed by atoms with van der Waals surface area (Å²) in [7, 11) is 0. The summed E-state index contributed by atoms with van der Waals surface area (Å²) in [5.41, 5.74) is 3.59. The molecule has 2 rings (SSSR count). The molecule has 0 aromatic heterocycles. The highest BCUT2D eigenvalue weighted by atomic mass is 79.9. The number of halogens is 1. The van der Waals surface area contributed by atoms with Crippen LogP contribution in [0.3, 0.4) is 0 Å². The summed E-state index contributed by atoms with van der Waals surface area (Å²) in [6, 6.07) is 13.1. The number of amides is 2. The third kappa shape index (κ3) is 4.66. The molecule has 5 heteroatoms. The summed E-state index contributed by atoms with van der Waals surface area (Å²) >= 11 is 3.36. The largest absolute Gasteiger partial charge is 0.324 e. The van der Waals surface area contributed by atoms with Gasteiger partial charge in [0.1, 0.15) is 6.54 Å². The molecule has 0 aliphatic carbocycles. The van der Waals surface area contributed by atoms with Gasteiger partial charge in [-0.25, -0.2) is 0 Å². The van der Waals surface area contributed by atoms with Gasteiger partial charge in [0.2, 0.25) is 11.8 Å². The van der Waals surface area contributed by atoms with Gasteiger partial charge in [-0.2, -0.15) is 0 Å². The Labute approximate surface area is 144 Å². The summed E-state index contributed by atoms with van der Waals surface area (Å²) in [4.78, 5) is 25.6. The van der Waals surface area contributed by atoms with Crippen molar-refractivity contribution < 1.29 is 9.59 Å². The van der Waals surface area contributed by atoms with Crippen LogP contribution in [-0.2, 0) is 9.59 Å². The smallest absolute Gasteiger partial charge is 0.244 e. The van der Waals surface area contributed by atoms with Crippen LogP contribution in [0.15, 0.2) is 46.9 Å². The van der Waals surface area contributed by atoms with Gasteiger partial charge in [-0.05, 0) is 49.7 Å². The summed E-state index contributed by atoms with van der Waals surface area (Å²) in [6.07, 6.45) is 0. The molecule has 0 atom stereocenters. The lowest BCUT2D eigenvalue weighted by molar-refractivity contribution is -0.120. The van der Waals surface area contributed by atoms with Crippen molar-refractivity contribution in [2.45, 2.75) is 20.8 Å². The normalized spacial score (nSPS) is 10.3. The molecule has 0 aliphatic rings. The molecule has 23 heavy (non-hydrogen) atoms. The molecular weight excluding hydrogens is 356 g/mol. The topological polar surface area (TPSA) is 49.4 Å². The van der Waals surface area contributed by atoms with Crippen LogP contribution in [0, 0.1) is 13.8 Å². The Hall–Kier alpha value is -2.14. The highest BCUT2D eigenvalue weighted by Crippen LogP contribution is 2.19. The molecule has 0 bridgehead atoms. The van der Waals surface area contributed by atoms with Crippen LogP contribution in [0.2, 0.25) is 0 Å². The van der Waals surface area contributed by atoms with E-state index in [9.17, 15) is 9.59 Å². The average Bonchev–Trinajstić information content (AvgIpc) is 2.48. The first-order chi connectivity index (χ1) is 10.9. The second-order valence-corrected chi connectivity index (χ2v) is 6.36. The molecule has 0 unspecified atom stereocenters. The second kappa shape index (κ2) is 7.42. The van der Waals surface area contributed by atoms with Crippen molar-refractivity contribution in [1.29, 1.82) is 0 Å². The van der Waals surface area contributed by atoms with Crippen molar-refractivity contribution in [1.82, 2.24) is 0 Å². The zero-order valence-electron chi connectivity index (χ0n) is 13.4. The molecule has 0 radical (unpaired) electrons. The summed E-state index contributed by atoms with van der Waals surface area (Å²) in [5.74, 6) is -0.404. The summed E-state index contributed by atoms with van der Waals surface area (Å²) in [6.45, 7) is 5.38. The minimum Gasteiger partial charge on any atom is -0.324 e.